The van der Waals surface area contributed by atoms with Crippen LogP contribution in [0, 0.1) is 0 Å². The van der Waals surface area contributed by atoms with Crippen molar-refractivity contribution in [3.63, 3.8) is 0 Å². The predicted octanol–water partition coefficient (Wildman–Crippen LogP) is 4.10. The van der Waals surface area contributed by atoms with Gasteiger partial charge >= 0.3 is 6.09 Å². The summed E-state index contributed by atoms with van der Waals surface area (Å²) in [7, 11) is 0. The standard InChI is InChI=1S/C27H31ClN4O7S2/c1-2-25(35)41-29-12-4-3-5-23(33)32(26(36)21-10-11-22(28)40-21)16-20-15-31(27(37)39-20)19-8-6-18(7-9-19)30-13-14-38-17-24(30)34/h6-11,20,29H,2-5,12-17H2,1H3/t20-/m1/s1. The first-order chi connectivity index (χ1) is 19.8. The topological polar surface area (TPSA) is 126 Å². The fourth-order valence-electron chi connectivity index (χ4n) is 4.31. The van der Waals surface area contributed by atoms with E-state index in [9.17, 15) is 24.0 Å². The summed E-state index contributed by atoms with van der Waals surface area (Å²) < 4.78 is 14.1. The summed E-state index contributed by atoms with van der Waals surface area (Å²) >= 11 is 8.15. The minimum Gasteiger partial charge on any atom is -0.442 e. The zero-order valence-corrected chi connectivity index (χ0v) is 24.9. The summed E-state index contributed by atoms with van der Waals surface area (Å²) in [5, 5.41) is 0.0377. The van der Waals surface area contributed by atoms with E-state index in [2.05, 4.69) is 4.72 Å². The van der Waals surface area contributed by atoms with Gasteiger partial charge < -0.3 is 14.4 Å². The number of hydrogen-bond donors (Lipinski definition) is 1. The summed E-state index contributed by atoms with van der Waals surface area (Å²) in [6.45, 7) is 3.31. The lowest BCUT2D eigenvalue weighted by Crippen LogP contribution is -2.43. The van der Waals surface area contributed by atoms with E-state index in [1.165, 1.54) is 4.90 Å². The Balaban J connectivity index is 1.37. The van der Waals surface area contributed by atoms with E-state index in [1.54, 1.807) is 48.2 Å². The number of carbonyl (C=O) groups excluding carboxylic acids is 5. The molecule has 0 radical (unpaired) electrons. The fourth-order valence-corrected chi connectivity index (χ4v) is 5.85. The largest absolute Gasteiger partial charge is 0.442 e. The van der Waals surface area contributed by atoms with Gasteiger partial charge in [0.1, 0.15) is 12.7 Å². The van der Waals surface area contributed by atoms with Crippen LogP contribution in [0.3, 0.4) is 0 Å². The van der Waals surface area contributed by atoms with E-state index in [0.29, 0.717) is 59.5 Å². The summed E-state index contributed by atoms with van der Waals surface area (Å²) in [6.07, 6.45) is 0.380. The Kier molecular flexibility index (Phi) is 11.2. The highest BCUT2D eigenvalue weighted by Crippen LogP contribution is 2.27. The van der Waals surface area contributed by atoms with Crippen LogP contribution in [0.1, 0.15) is 42.3 Å². The van der Waals surface area contributed by atoms with Crippen LogP contribution >= 0.6 is 34.9 Å². The Morgan fingerprint density at radius 1 is 1.10 bits per heavy atom. The number of morpholine rings is 1. The average molecular weight is 623 g/mol. The van der Waals surface area contributed by atoms with Crippen LogP contribution in [-0.4, -0.2) is 79.3 Å². The molecule has 0 aliphatic carbocycles. The Morgan fingerprint density at radius 2 is 1.83 bits per heavy atom. The lowest BCUT2D eigenvalue weighted by molar-refractivity contribution is -0.129. The molecule has 1 N–H and O–H groups in total. The molecule has 1 aromatic heterocycles. The summed E-state index contributed by atoms with van der Waals surface area (Å²) in [6, 6.07) is 10.1. The van der Waals surface area contributed by atoms with Gasteiger partial charge in [-0.1, -0.05) is 18.5 Å². The van der Waals surface area contributed by atoms with Crippen molar-refractivity contribution in [1.82, 2.24) is 9.62 Å². The second kappa shape index (κ2) is 14.8. The number of thiophene rings is 1. The van der Waals surface area contributed by atoms with Crippen molar-refractivity contribution < 1.29 is 33.4 Å². The Morgan fingerprint density at radius 3 is 2.49 bits per heavy atom. The minimum absolute atomic E-state index is 0.0312. The molecule has 4 amide bonds. The Hall–Kier alpha value is -2.97. The molecule has 2 aliphatic rings. The summed E-state index contributed by atoms with van der Waals surface area (Å²) in [4.78, 5) is 67.2. The first kappa shape index (κ1) is 31.0. The maximum Gasteiger partial charge on any atom is 0.414 e. The molecule has 0 bridgehead atoms. The van der Waals surface area contributed by atoms with Crippen LogP contribution in [0.5, 0.6) is 0 Å². The van der Waals surface area contributed by atoms with Crippen molar-refractivity contribution in [2.45, 2.75) is 38.7 Å². The zero-order chi connectivity index (χ0) is 29.4. The van der Waals surface area contributed by atoms with Crippen molar-refractivity contribution in [3.8, 4) is 0 Å². The van der Waals surface area contributed by atoms with Gasteiger partial charge in [-0.15, -0.1) is 11.3 Å². The second-order valence-corrected chi connectivity index (χ2v) is 12.0. The SMILES string of the molecule is CCC(=O)SNCCCCC(=O)N(C[C@H]1CN(c2ccc(N3CCOCC3=O)cc2)C(=O)O1)C(=O)c1ccc(Cl)s1. The number of cyclic esters (lactones) is 1. The zero-order valence-electron chi connectivity index (χ0n) is 22.5. The number of unbranched alkanes of at least 4 members (excludes halogenated alkanes) is 1. The predicted molar refractivity (Wildman–Crippen MR) is 157 cm³/mol. The maximum absolute atomic E-state index is 13.3. The third kappa shape index (κ3) is 8.29. The number of amides is 4. The van der Waals surface area contributed by atoms with Crippen LogP contribution < -0.4 is 14.5 Å². The molecule has 2 saturated heterocycles. The molecule has 3 heterocycles. The van der Waals surface area contributed by atoms with Crippen molar-refractivity contribution in [1.29, 1.82) is 0 Å². The van der Waals surface area contributed by atoms with E-state index in [1.807, 2.05) is 0 Å². The highest BCUT2D eigenvalue weighted by Gasteiger charge is 2.36. The second-order valence-electron chi connectivity index (χ2n) is 9.32. The van der Waals surface area contributed by atoms with Gasteiger partial charge in [0.25, 0.3) is 11.8 Å². The number of anilines is 2. The van der Waals surface area contributed by atoms with Gasteiger partial charge in [0.05, 0.1) is 28.9 Å². The number of nitrogens with zero attached hydrogens (tertiary/aromatic N) is 3. The summed E-state index contributed by atoms with van der Waals surface area (Å²) in [5.74, 6) is -1.01. The summed E-state index contributed by atoms with van der Waals surface area (Å²) in [5.41, 5.74) is 1.28. The lowest BCUT2D eigenvalue weighted by atomic mass is 10.2. The molecule has 11 nitrogen and oxygen atoms in total. The quantitative estimate of drug-likeness (QED) is 0.275. The van der Waals surface area contributed by atoms with Gasteiger partial charge in [0.15, 0.2) is 0 Å². The molecule has 41 heavy (non-hydrogen) atoms. The monoisotopic (exact) mass is 622 g/mol. The smallest absolute Gasteiger partial charge is 0.414 e. The maximum atomic E-state index is 13.3. The third-order valence-electron chi connectivity index (χ3n) is 6.44. The molecular weight excluding hydrogens is 592 g/mol. The van der Waals surface area contributed by atoms with Gasteiger partial charge in [-0.2, -0.15) is 0 Å². The number of rotatable bonds is 12. The number of imide groups is 1. The Labute approximate surface area is 251 Å². The first-order valence-corrected chi connectivity index (χ1v) is 15.3. The molecule has 2 fully saturated rings. The van der Waals surface area contributed by atoms with Crippen LogP contribution in [0.25, 0.3) is 0 Å². The van der Waals surface area contributed by atoms with E-state index in [4.69, 9.17) is 21.1 Å². The van der Waals surface area contributed by atoms with Crippen LogP contribution in [0.15, 0.2) is 36.4 Å². The van der Waals surface area contributed by atoms with Gasteiger partial charge in [-0.3, -0.25) is 33.7 Å². The highest BCUT2D eigenvalue weighted by atomic mass is 35.5. The average Bonchev–Trinajstić information content (AvgIpc) is 3.58. The fraction of sp³-hybridized carbons (Fsp3) is 0.444. The van der Waals surface area contributed by atoms with Gasteiger partial charge in [0.2, 0.25) is 11.0 Å². The molecule has 220 valence electrons. The number of halogens is 1. The van der Waals surface area contributed by atoms with Gasteiger partial charge in [-0.25, -0.2) is 4.79 Å². The van der Waals surface area contributed by atoms with Crippen molar-refractivity contribution in [2.24, 2.45) is 0 Å². The third-order valence-corrected chi connectivity index (χ3v) is 8.53. The molecule has 14 heteroatoms. The van der Waals surface area contributed by atoms with E-state index < -0.39 is 18.1 Å². The van der Waals surface area contributed by atoms with Gasteiger partial charge in [0, 0.05) is 37.3 Å². The van der Waals surface area contributed by atoms with Crippen LogP contribution in [0.2, 0.25) is 4.34 Å². The van der Waals surface area contributed by atoms with Crippen LogP contribution in [-0.2, 0) is 23.9 Å². The number of carbonyl (C=O) groups is 5. The number of benzene rings is 1. The first-order valence-electron chi connectivity index (χ1n) is 13.3. The van der Waals surface area contributed by atoms with Crippen molar-refractivity contribution in [2.75, 3.05) is 49.2 Å². The molecule has 2 aromatic rings. The number of ether oxygens (including phenoxy) is 2. The van der Waals surface area contributed by atoms with Crippen molar-refractivity contribution in [3.05, 3.63) is 45.6 Å². The highest BCUT2D eigenvalue weighted by molar-refractivity contribution is 8.11. The molecular formula is C27H31ClN4O7S2. The van der Waals surface area contributed by atoms with Gasteiger partial charge in [-0.05, 0) is 61.2 Å². The minimum atomic E-state index is -0.732. The molecule has 1 atom stereocenters. The Bertz CT molecular complexity index is 1270. The molecule has 0 spiro atoms. The molecule has 0 unspecified atom stereocenters. The normalized spacial score (nSPS) is 17.1. The number of nitrogens with one attached hydrogen (secondary N) is 1. The molecule has 1 aromatic carbocycles. The molecule has 0 saturated carbocycles. The van der Waals surface area contributed by atoms with Crippen molar-refractivity contribution >= 4 is 75.2 Å². The van der Waals surface area contributed by atoms with E-state index in [-0.39, 0.29) is 43.0 Å². The lowest BCUT2D eigenvalue weighted by Gasteiger charge is -2.27. The van der Waals surface area contributed by atoms with E-state index in [0.717, 1.165) is 28.2 Å². The molecule has 4 rings (SSSR count). The van der Waals surface area contributed by atoms with Crippen LogP contribution in [0.4, 0.5) is 16.2 Å². The number of hydrogen-bond acceptors (Lipinski definition) is 10. The molecule has 2 aliphatic heterocycles. The van der Waals surface area contributed by atoms with E-state index >= 15 is 0 Å².